The number of carbonyl (C=O) groups excluding carboxylic acids is 11. The molecule has 2 aromatic rings. The molecule has 12 amide bonds. The minimum Gasteiger partial charge on any atom is -0.449 e. The Labute approximate surface area is 622 Å². The molecule has 2 aliphatic heterocycles. The van der Waals surface area contributed by atoms with Crippen LogP contribution in [0.15, 0.2) is 54.6 Å². The molecule has 0 bridgehead atoms. The number of amides is 12. The monoisotopic (exact) mass is 1480 g/mol. The van der Waals surface area contributed by atoms with E-state index in [1.54, 1.807) is 66.8 Å². The summed E-state index contributed by atoms with van der Waals surface area (Å²) in [6.45, 7) is 19.9. The van der Waals surface area contributed by atoms with E-state index in [4.69, 9.17) is 29.4 Å². The predicted molar refractivity (Wildman–Crippen MR) is 397 cm³/mol. The highest BCUT2D eigenvalue weighted by Crippen LogP contribution is 2.31. The summed E-state index contributed by atoms with van der Waals surface area (Å²) in [6.07, 6.45) is 2.00. The minimum atomic E-state index is -1.13. The van der Waals surface area contributed by atoms with Crippen LogP contribution >= 0.6 is 0 Å². The number of nitrogens with one attached hydrogen (secondary N) is 8. The summed E-state index contributed by atoms with van der Waals surface area (Å²) in [7, 11) is 8.40. The van der Waals surface area contributed by atoms with Gasteiger partial charge in [0.25, 0.3) is 0 Å². The summed E-state index contributed by atoms with van der Waals surface area (Å²) in [5.74, 6) is -3.26. The van der Waals surface area contributed by atoms with Crippen molar-refractivity contribution in [2.24, 2.45) is 41.2 Å². The molecule has 2 fully saturated rings. The zero-order valence-electron chi connectivity index (χ0n) is 64.5. The number of piperidine rings is 1. The summed E-state index contributed by atoms with van der Waals surface area (Å²) in [5, 5.41) is 19.8. The van der Waals surface area contributed by atoms with Crippen LogP contribution in [0.3, 0.4) is 0 Å². The molecule has 29 nitrogen and oxygen atoms in total. The number of methoxy groups -OCH3 is 2. The summed E-state index contributed by atoms with van der Waals surface area (Å²) >= 11 is -0.595. The highest BCUT2D eigenvalue weighted by molar-refractivity contribution is 6.35. The number of likely N-dealkylation sites (tertiary alicyclic amines) is 2. The lowest BCUT2D eigenvalue weighted by Crippen LogP contribution is -2.59. The van der Waals surface area contributed by atoms with Crippen molar-refractivity contribution in [1.29, 1.82) is 0 Å². The Morgan fingerprint density at radius 3 is 1.87 bits per heavy atom. The zero-order valence-corrected chi connectivity index (χ0v) is 65.9. The Morgan fingerprint density at radius 2 is 1.29 bits per heavy atom. The molecule has 582 valence electrons. The number of anilines is 1. The smallest absolute Gasteiger partial charge is 0.385 e. The number of primary amides is 1. The molecule has 2 aliphatic rings. The maximum Gasteiger partial charge on any atom is 0.385 e. The maximum absolute atomic E-state index is 14.7. The second-order valence-electron chi connectivity index (χ2n) is 28.7. The maximum atomic E-state index is 14.7. The SMILES string of the molecule is CC[C@H](C)[C@@H]([C@@H](CC(=O)N1CCC[C@H]1[C@H](OC)[C@@H](C)C(=O)N[C@@H](Cc1ccccc1)C(=O)NCc1ccc(NC(=O)[C@H](CCCNC(N)=O)NC(=O)[C@@H](NC(=O)COCCOCCOCC(=O)N2CCC(C(=O)[NH][AlH][CH3])CC2C)C(C)C)cc1)OC)N(C)C(=O)[C@@H](NC(=O)[C@H](C(C)C)N(C)C)C(C)C. The van der Waals surface area contributed by atoms with E-state index in [2.05, 4.69) is 41.5 Å². The van der Waals surface area contributed by atoms with Crippen LogP contribution in [0.4, 0.5) is 10.5 Å². The lowest BCUT2D eigenvalue weighted by molar-refractivity contribution is -0.148. The van der Waals surface area contributed by atoms with Crippen molar-refractivity contribution in [3.63, 3.8) is 0 Å². The molecule has 4 rings (SSSR count). The lowest BCUT2D eigenvalue weighted by Gasteiger charge is -2.41. The van der Waals surface area contributed by atoms with Gasteiger partial charge in [-0.1, -0.05) is 117 Å². The van der Waals surface area contributed by atoms with Gasteiger partial charge in [0, 0.05) is 71.5 Å². The van der Waals surface area contributed by atoms with E-state index in [9.17, 15) is 52.7 Å². The largest absolute Gasteiger partial charge is 0.449 e. The molecule has 10 N–H and O–H groups in total. The molecule has 2 saturated heterocycles. The molecule has 0 saturated carbocycles. The first-order chi connectivity index (χ1) is 49.4. The number of nitrogens with two attached hydrogens (primary N) is 1. The fourth-order valence-electron chi connectivity index (χ4n) is 13.7. The van der Waals surface area contributed by atoms with Crippen LogP contribution in [-0.4, -0.2) is 255 Å². The average molecular weight is 1480 g/mol. The van der Waals surface area contributed by atoms with Gasteiger partial charge in [0.05, 0.1) is 69.1 Å². The van der Waals surface area contributed by atoms with Gasteiger partial charge < -0.3 is 85.6 Å². The van der Waals surface area contributed by atoms with Gasteiger partial charge in [-0.3, -0.25) is 52.8 Å². The van der Waals surface area contributed by atoms with E-state index < -0.39 is 117 Å². The first-order valence-corrected chi connectivity index (χ1v) is 39.0. The lowest BCUT2D eigenvalue weighted by atomic mass is 9.89. The standard InChI is InChI=1S/C73H119N13O16.CH3.Al.H/c1-16-47(8)64(84(13)72(96)62(45(4)5)82-71(95)63(46(6)7)83(11)12)57(98-14)40-59(88)86-32-21-25-56(86)65(99-15)49(10)67(91)80-55(39-50-22-18-17-19-23-50)68(92)77-41-51-26-28-53(29-27-51)78-69(93)54(24-20-31-76-73(75)97)79-70(94)61(44(2)3)81-58(87)42-101-36-34-100-35-37-102-43-60(89)85-33-30-52(66(74)90)38-48(85)9;;;/h17-19,22-23,26-29,44-49,52,54-57,61-65H,16,20-21,24-25,30-43H2,1-15H3,(H11,74,75,76,77,78,79,80,81,82,87,90,91,92,93,94,95,97);1H3;;/q;;+1;/p-1/t47-,48?,49+,52?,54-,55-,56-,57+,61-,62-,63-,64-,65+;;;/m0.../s1. The molecule has 13 atom stereocenters. The molecule has 2 aromatic carbocycles. The highest BCUT2D eigenvalue weighted by Gasteiger charge is 2.44. The van der Waals surface area contributed by atoms with E-state index >= 15 is 0 Å². The Bertz CT molecular complexity index is 3050. The van der Waals surface area contributed by atoms with Crippen LogP contribution in [0, 0.1) is 35.5 Å². The van der Waals surface area contributed by atoms with E-state index in [-0.39, 0.29) is 138 Å². The Kier molecular flexibility index (Phi) is 39.3. The first kappa shape index (κ1) is 89.1. The van der Waals surface area contributed by atoms with Crippen LogP contribution in [0.5, 0.6) is 0 Å². The topological polar surface area (TPSA) is 369 Å². The number of urea groups is 1. The van der Waals surface area contributed by atoms with Crippen LogP contribution in [0.1, 0.15) is 132 Å². The quantitative estimate of drug-likeness (QED) is 0.0340. The Balaban J connectivity index is 1.35. The van der Waals surface area contributed by atoms with Gasteiger partial charge in [-0.25, -0.2) is 4.79 Å². The minimum absolute atomic E-state index is 0.00854. The van der Waals surface area contributed by atoms with Crippen LogP contribution in [-0.2, 0) is 84.6 Å². The van der Waals surface area contributed by atoms with Gasteiger partial charge in [0.15, 0.2) is 5.91 Å². The molecular formula is C74H122AlN13O16. The van der Waals surface area contributed by atoms with Gasteiger partial charge in [-0.15, -0.1) is 0 Å². The third-order valence-corrected chi connectivity index (χ3v) is 20.2. The number of ether oxygens (including phenoxy) is 5. The van der Waals surface area contributed by atoms with E-state index in [0.717, 1.165) is 5.56 Å². The van der Waals surface area contributed by atoms with Crippen molar-refractivity contribution < 1.29 is 76.4 Å². The molecular weight excluding hydrogens is 1350 g/mol. The molecule has 0 radical (unpaired) electrons. The van der Waals surface area contributed by atoms with Crippen LogP contribution in [0.25, 0.3) is 0 Å². The van der Waals surface area contributed by atoms with Crippen molar-refractivity contribution in [2.45, 2.75) is 200 Å². The molecule has 0 aliphatic carbocycles. The molecule has 30 heteroatoms. The number of likely N-dealkylation sites (N-methyl/N-ethyl adjacent to an activating group) is 2. The fourth-order valence-corrected chi connectivity index (χ4v) is 14.3. The summed E-state index contributed by atoms with van der Waals surface area (Å²) in [6, 6.07) is 9.49. The summed E-state index contributed by atoms with van der Waals surface area (Å²) in [4.78, 5) is 156. The van der Waals surface area contributed by atoms with Crippen LogP contribution < -0.4 is 47.3 Å². The first-order valence-electron chi connectivity index (χ1n) is 36.9. The van der Waals surface area contributed by atoms with Gasteiger partial charge in [0.2, 0.25) is 53.2 Å². The third kappa shape index (κ3) is 28.5. The van der Waals surface area contributed by atoms with Gasteiger partial charge >= 0.3 is 21.5 Å². The Hall–Kier alpha value is -7.30. The van der Waals surface area contributed by atoms with Crippen molar-refractivity contribution >= 4 is 86.2 Å². The second-order valence-corrected chi connectivity index (χ2v) is 29.7. The molecule has 104 heavy (non-hydrogen) atoms. The summed E-state index contributed by atoms with van der Waals surface area (Å²) in [5.41, 5.74) is 7.09. The second kappa shape index (κ2) is 45.9. The predicted octanol–water partition coefficient (Wildman–Crippen LogP) is 2.88. The number of hydrogen-bond donors (Lipinski definition) is 9. The molecule has 2 heterocycles. The zero-order chi connectivity index (χ0) is 77.3. The number of nitrogens with zero attached hydrogens (tertiary/aromatic N) is 4. The third-order valence-electron chi connectivity index (χ3n) is 19.5. The summed E-state index contributed by atoms with van der Waals surface area (Å²) < 4.78 is 31.8. The highest BCUT2D eigenvalue weighted by atomic mass is 27.1. The average Bonchev–Trinajstić information content (AvgIpc) is 1.54. The Morgan fingerprint density at radius 1 is 0.654 bits per heavy atom. The van der Waals surface area contributed by atoms with Crippen molar-refractivity contribution in [3.05, 3.63) is 65.7 Å². The van der Waals surface area contributed by atoms with E-state index in [1.165, 1.54) is 14.2 Å². The number of hydrogen-bond acceptors (Lipinski definition) is 17. The number of benzene rings is 2. The van der Waals surface area contributed by atoms with E-state index in [0.29, 0.717) is 56.4 Å². The molecule has 2 unspecified atom stereocenters. The van der Waals surface area contributed by atoms with Crippen molar-refractivity contribution in [2.75, 3.05) is 100.0 Å². The normalized spacial score (nSPS) is 18.2. The molecule has 0 aromatic heterocycles. The number of carbonyl (C=O) groups is 11. The van der Waals surface area contributed by atoms with Crippen molar-refractivity contribution in [3.8, 4) is 0 Å². The van der Waals surface area contributed by atoms with Gasteiger partial charge in [-0.05, 0) is 106 Å². The van der Waals surface area contributed by atoms with Crippen LogP contribution in [0.2, 0.25) is 5.79 Å². The van der Waals surface area contributed by atoms with Gasteiger partial charge in [0.1, 0.15) is 37.4 Å². The van der Waals surface area contributed by atoms with Crippen molar-refractivity contribution in [1.82, 2.24) is 55.8 Å². The fraction of sp³-hybridized carbons (Fsp3) is 0.689. The number of rotatable bonds is 45. The molecule has 0 spiro atoms. The van der Waals surface area contributed by atoms with Gasteiger partial charge in [-0.2, -0.15) is 0 Å². The van der Waals surface area contributed by atoms with E-state index in [1.807, 2.05) is 104 Å².